The molecule has 6 nitrogen and oxygen atoms in total. The third kappa shape index (κ3) is 5.03. The van der Waals surface area contributed by atoms with E-state index in [4.69, 9.17) is 0 Å². The van der Waals surface area contributed by atoms with Crippen molar-refractivity contribution < 1.29 is 14.7 Å². The van der Waals surface area contributed by atoms with Crippen molar-refractivity contribution in [1.82, 2.24) is 4.98 Å². The fraction of sp³-hybridized carbons (Fsp3) is 0.588. The highest BCUT2D eigenvalue weighted by molar-refractivity contribution is 6.02. The van der Waals surface area contributed by atoms with E-state index in [-0.39, 0.29) is 17.6 Å². The second kappa shape index (κ2) is 6.66. The molecule has 1 rings (SSSR count). The lowest BCUT2D eigenvalue weighted by atomic mass is 9.94. The lowest BCUT2D eigenvalue weighted by Gasteiger charge is -2.23. The number of hydrogen-bond acceptors (Lipinski definition) is 4. The zero-order chi connectivity index (χ0) is 18.0. The summed E-state index contributed by atoms with van der Waals surface area (Å²) in [6.07, 6.45) is 0.686. The van der Waals surface area contributed by atoms with Crippen molar-refractivity contribution in [2.24, 2.45) is 10.8 Å². The Balaban J connectivity index is 3.28. The van der Waals surface area contributed by atoms with Gasteiger partial charge in [-0.1, -0.05) is 41.5 Å². The van der Waals surface area contributed by atoms with Gasteiger partial charge in [0.1, 0.15) is 0 Å². The van der Waals surface area contributed by atoms with Crippen LogP contribution in [0.3, 0.4) is 0 Å². The van der Waals surface area contributed by atoms with Crippen LogP contribution in [0.4, 0.5) is 11.5 Å². The second-order valence-electron chi connectivity index (χ2n) is 7.71. The fourth-order valence-corrected chi connectivity index (χ4v) is 1.65. The molecular weight excluding hydrogens is 294 g/mol. The van der Waals surface area contributed by atoms with E-state index in [0.29, 0.717) is 11.3 Å². The summed E-state index contributed by atoms with van der Waals surface area (Å²) >= 11 is 0. The smallest absolute Gasteiger partial charge is 0.230 e. The van der Waals surface area contributed by atoms with Crippen molar-refractivity contribution in [3.63, 3.8) is 0 Å². The van der Waals surface area contributed by atoms with E-state index in [1.165, 1.54) is 6.20 Å². The molecular formula is C17H27N3O3. The Kier molecular flexibility index (Phi) is 5.53. The van der Waals surface area contributed by atoms with E-state index in [0.717, 1.165) is 0 Å². The molecule has 0 aliphatic rings. The SMILES string of the molecule is CC(O)c1ccnc(NC(=O)C(C)(C)C)c1NC(=O)C(C)(C)C. The first-order valence-electron chi connectivity index (χ1n) is 7.64. The summed E-state index contributed by atoms with van der Waals surface area (Å²) in [5.41, 5.74) is -0.382. The Hall–Kier alpha value is -1.95. The number of anilines is 2. The number of hydrogen-bond donors (Lipinski definition) is 3. The van der Waals surface area contributed by atoms with Gasteiger partial charge in [-0.05, 0) is 13.0 Å². The number of nitrogens with zero attached hydrogens (tertiary/aromatic N) is 1. The summed E-state index contributed by atoms with van der Waals surface area (Å²) < 4.78 is 0. The van der Waals surface area contributed by atoms with Gasteiger partial charge in [0.05, 0.1) is 11.8 Å². The average Bonchev–Trinajstić information content (AvgIpc) is 2.37. The van der Waals surface area contributed by atoms with E-state index in [2.05, 4.69) is 15.6 Å². The van der Waals surface area contributed by atoms with Crippen LogP contribution >= 0.6 is 0 Å². The van der Waals surface area contributed by atoms with Gasteiger partial charge < -0.3 is 15.7 Å². The van der Waals surface area contributed by atoms with Gasteiger partial charge >= 0.3 is 0 Å². The van der Waals surface area contributed by atoms with Crippen LogP contribution in [-0.2, 0) is 9.59 Å². The predicted octanol–water partition coefficient (Wildman–Crippen LogP) is 3.10. The van der Waals surface area contributed by atoms with Gasteiger partial charge in [0.15, 0.2) is 5.82 Å². The number of carbonyl (C=O) groups excluding carboxylic acids is 2. The van der Waals surface area contributed by atoms with Crippen LogP contribution < -0.4 is 10.6 Å². The zero-order valence-corrected chi connectivity index (χ0v) is 14.9. The third-order valence-corrected chi connectivity index (χ3v) is 3.27. The van der Waals surface area contributed by atoms with Gasteiger partial charge in [-0.2, -0.15) is 0 Å². The van der Waals surface area contributed by atoms with Crippen LogP contribution in [0.5, 0.6) is 0 Å². The molecule has 2 amide bonds. The number of pyridine rings is 1. The minimum absolute atomic E-state index is 0.223. The van der Waals surface area contributed by atoms with Crippen molar-refractivity contribution >= 4 is 23.3 Å². The van der Waals surface area contributed by atoms with Crippen molar-refractivity contribution in [3.05, 3.63) is 17.8 Å². The maximum absolute atomic E-state index is 12.3. The Morgan fingerprint density at radius 2 is 1.52 bits per heavy atom. The first-order chi connectivity index (χ1) is 10.3. The molecule has 0 aliphatic carbocycles. The molecule has 0 spiro atoms. The fourth-order valence-electron chi connectivity index (χ4n) is 1.65. The van der Waals surface area contributed by atoms with Crippen molar-refractivity contribution in [1.29, 1.82) is 0 Å². The molecule has 0 aromatic carbocycles. The molecule has 1 atom stereocenters. The van der Waals surface area contributed by atoms with Crippen LogP contribution in [0, 0.1) is 10.8 Å². The van der Waals surface area contributed by atoms with Crippen LogP contribution in [0.25, 0.3) is 0 Å². The summed E-state index contributed by atoms with van der Waals surface area (Å²) in [5.74, 6) is -0.210. The van der Waals surface area contributed by atoms with Gasteiger partial charge in [0, 0.05) is 22.6 Å². The largest absolute Gasteiger partial charge is 0.389 e. The number of rotatable bonds is 3. The van der Waals surface area contributed by atoms with Gasteiger partial charge in [-0.3, -0.25) is 9.59 Å². The van der Waals surface area contributed by atoms with Crippen LogP contribution in [-0.4, -0.2) is 21.9 Å². The normalized spacial score (nSPS) is 13.4. The van der Waals surface area contributed by atoms with E-state index < -0.39 is 16.9 Å². The lowest BCUT2D eigenvalue weighted by molar-refractivity contribution is -0.124. The van der Waals surface area contributed by atoms with Crippen LogP contribution in [0.15, 0.2) is 12.3 Å². The maximum Gasteiger partial charge on any atom is 0.230 e. The van der Waals surface area contributed by atoms with Gasteiger partial charge in [-0.15, -0.1) is 0 Å². The Morgan fingerprint density at radius 1 is 1.04 bits per heavy atom. The predicted molar refractivity (Wildman–Crippen MR) is 91.0 cm³/mol. The minimum atomic E-state index is -0.807. The molecule has 0 aliphatic heterocycles. The Bertz CT molecular complexity index is 596. The van der Waals surface area contributed by atoms with E-state index >= 15 is 0 Å². The number of aliphatic hydroxyl groups is 1. The monoisotopic (exact) mass is 321 g/mol. The molecule has 0 saturated heterocycles. The van der Waals surface area contributed by atoms with Crippen molar-refractivity contribution in [2.75, 3.05) is 10.6 Å². The molecule has 1 heterocycles. The number of carbonyl (C=O) groups is 2. The highest BCUT2D eigenvalue weighted by atomic mass is 16.3. The molecule has 3 N–H and O–H groups in total. The summed E-state index contributed by atoms with van der Waals surface area (Å²) in [4.78, 5) is 28.7. The lowest BCUT2D eigenvalue weighted by Crippen LogP contribution is -2.31. The van der Waals surface area contributed by atoms with Crippen LogP contribution in [0.1, 0.15) is 60.1 Å². The molecule has 1 aromatic rings. The molecule has 128 valence electrons. The average molecular weight is 321 g/mol. The molecule has 23 heavy (non-hydrogen) atoms. The van der Waals surface area contributed by atoms with Crippen molar-refractivity contribution in [3.8, 4) is 0 Å². The van der Waals surface area contributed by atoms with Crippen LogP contribution in [0.2, 0.25) is 0 Å². The summed E-state index contributed by atoms with van der Waals surface area (Å²) in [6, 6.07) is 1.62. The first-order valence-corrected chi connectivity index (χ1v) is 7.64. The van der Waals surface area contributed by atoms with Gasteiger partial charge in [-0.25, -0.2) is 4.98 Å². The molecule has 1 unspecified atom stereocenters. The molecule has 1 aromatic heterocycles. The Morgan fingerprint density at radius 3 is 1.96 bits per heavy atom. The van der Waals surface area contributed by atoms with Gasteiger partial charge in [0.2, 0.25) is 11.8 Å². The molecule has 0 fully saturated rings. The molecule has 0 radical (unpaired) electrons. The topological polar surface area (TPSA) is 91.3 Å². The zero-order valence-electron chi connectivity index (χ0n) is 14.9. The number of nitrogens with one attached hydrogen (secondary N) is 2. The summed E-state index contributed by atoms with van der Waals surface area (Å²) in [6.45, 7) is 12.3. The highest BCUT2D eigenvalue weighted by Gasteiger charge is 2.27. The Labute approximate surface area is 137 Å². The second-order valence-corrected chi connectivity index (χ2v) is 7.71. The maximum atomic E-state index is 12.3. The summed E-state index contributed by atoms with van der Waals surface area (Å²) in [5, 5.41) is 15.5. The number of amides is 2. The molecule has 0 saturated carbocycles. The van der Waals surface area contributed by atoms with Gasteiger partial charge in [0.25, 0.3) is 0 Å². The molecule has 0 bridgehead atoms. The van der Waals surface area contributed by atoms with E-state index in [1.54, 1.807) is 54.5 Å². The molecule has 6 heteroatoms. The third-order valence-electron chi connectivity index (χ3n) is 3.27. The van der Waals surface area contributed by atoms with Crippen molar-refractivity contribution in [2.45, 2.75) is 54.6 Å². The quantitative estimate of drug-likeness (QED) is 0.797. The van der Waals surface area contributed by atoms with E-state index in [9.17, 15) is 14.7 Å². The summed E-state index contributed by atoms with van der Waals surface area (Å²) in [7, 11) is 0. The first kappa shape index (κ1) is 19.1. The highest BCUT2D eigenvalue weighted by Crippen LogP contribution is 2.31. The standard InChI is InChI=1S/C17H27N3O3/c1-10(21)11-8-9-18-13(20-15(23)17(5,6)7)12(11)19-14(22)16(2,3)4/h8-10,21H,1-7H3,(H,19,22)(H,18,20,23). The number of aliphatic hydroxyl groups excluding tert-OH is 1. The van der Waals surface area contributed by atoms with E-state index in [1.807, 2.05) is 0 Å². The number of aromatic nitrogens is 1. The minimum Gasteiger partial charge on any atom is -0.389 e.